The molecule has 1 saturated carbocycles. The third-order valence-corrected chi connectivity index (χ3v) is 4.37. The topological polar surface area (TPSA) is 64.7 Å². The molecule has 106 valence electrons. The lowest BCUT2D eigenvalue weighted by Crippen LogP contribution is -2.35. The molecule has 1 saturated heterocycles. The van der Waals surface area contributed by atoms with Crippen LogP contribution in [0.3, 0.4) is 0 Å². The van der Waals surface area contributed by atoms with Crippen LogP contribution in [0.15, 0.2) is 12.7 Å². The van der Waals surface area contributed by atoms with E-state index in [1.54, 1.807) is 6.33 Å². The smallest absolute Gasteiger partial charge is 0.223 e. The Labute approximate surface area is 117 Å². The third kappa shape index (κ3) is 1.97. The van der Waals surface area contributed by atoms with E-state index in [1.807, 2.05) is 18.1 Å². The molecule has 2 aromatic heterocycles. The van der Waals surface area contributed by atoms with Gasteiger partial charge >= 0.3 is 0 Å². The van der Waals surface area contributed by atoms with Crippen molar-refractivity contribution >= 4 is 5.95 Å². The molecule has 0 unspecified atom stereocenters. The molecule has 0 N–H and O–H groups in total. The highest BCUT2D eigenvalue weighted by Gasteiger charge is 2.31. The predicted octanol–water partition coefficient (Wildman–Crippen LogP) is 1.13. The number of rotatable bonds is 3. The summed E-state index contributed by atoms with van der Waals surface area (Å²) in [5.74, 6) is 2.68. The third-order valence-electron chi connectivity index (χ3n) is 4.37. The van der Waals surface area contributed by atoms with E-state index in [9.17, 15) is 0 Å². The second kappa shape index (κ2) is 4.57. The van der Waals surface area contributed by atoms with Crippen molar-refractivity contribution in [3.8, 4) is 0 Å². The van der Waals surface area contributed by atoms with Gasteiger partial charge in [0.15, 0.2) is 0 Å². The van der Waals surface area contributed by atoms with Gasteiger partial charge in [0, 0.05) is 32.1 Å². The monoisotopic (exact) mass is 273 g/mol. The van der Waals surface area contributed by atoms with Crippen LogP contribution in [0.2, 0.25) is 0 Å². The molecule has 0 bridgehead atoms. The fraction of sp³-hybridized carbons (Fsp3) is 0.692. The first-order valence-corrected chi connectivity index (χ1v) is 7.31. The van der Waals surface area contributed by atoms with Crippen LogP contribution in [0.1, 0.15) is 43.5 Å². The van der Waals surface area contributed by atoms with Gasteiger partial charge in [-0.05, 0) is 25.7 Å². The predicted molar refractivity (Wildman–Crippen MR) is 73.5 cm³/mol. The summed E-state index contributed by atoms with van der Waals surface area (Å²) < 4.78 is 4.13. The summed E-state index contributed by atoms with van der Waals surface area (Å²) in [4.78, 5) is 6.63. The van der Waals surface area contributed by atoms with Crippen LogP contribution in [0.5, 0.6) is 0 Å². The molecule has 2 aromatic rings. The average molecular weight is 273 g/mol. The van der Waals surface area contributed by atoms with Crippen molar-refractivity contribution in [3.63, 3.8) is 0 Å². The molecule has 20 heavy (non-hydrogen) atoms. The highest BCUT2D eigenvalue weighted by molar-refractivity contribution is 5.30. The van der Waals surface area contributed by atoms with Gasteiger partial charge in [0.2, 0.25) is 5.95 Å². The Bertz CT molecular complexity index is 589. The lowest BCUT2D eigenvalue weighted by molar-refractivity contribution is 0.457. The van der Waals surface area contributed by atoms with Crippen molar-refractivity contribution in [3.05, 3.63) is 18.5 Å². The van der Waals surface area contributed by atoms with Crippen molar-refractivity contribution in [1.82, 2.24) is 29.5 Å². The second-order valence-corrected chi connectivity index (χ2v) is 5.77. The van der Waals surface area contributed by atoms with E-state index >= 15 is 0 Å². The number of aryl methyl sites for hydroxylation is 1. The van der Waals surface area contributed by atoms with E-state index in [0.717, 1.165) is 31.9 Å². The first kappa shape index (κ1) is 11.9. The Morgan fingerprint density at radius 2 is 1.95 bits per heavy atom. The summed E-state index contributed by atoms with van der Waals surface area (Å²) in [6, 6.07) is 0.664. The SMILES string of the molecule is Cn1ncnc1N1CCC(c2nncn2C2CC2)CC1. The largest absolute Gasteiger partial charge is 0.341 e. The molecule has 1 aliphatic heterocycles. The van der Waals surface area contributed by atoms with E-state index in [2.05, 4.69) is 29.7 Å². The Morgan fingerprint density at radius 3 is 2.60 bits per heavy atom. The first-order chi connectivity index (χ1) is 9.83. The van der Waals surface area contributed by atoms with Gasteiger partial charge in [0.05, 0.1) is 0 Å². The van der Waals surface area contributed by atoms with Gasteiger partial charge in [-0.2, -0.15) is 10.1 Å². The Kier molecular flexibility index (Phi) is 2.71. The molecule has 1 aliphatic carbocycles. The van der Waals surface area contributed by atoms with Gasteiger partial charge in [-0.3, -0.25) is 0 Å². The van der Waals surface area contributed by atoms with E-state index in [1.165, 1.54) is 18.7 Å². The number of hydrogen-bond acceptors (Lipinski definition) is 5. The molecule has 0 spiro atoms. The van der Waals surface area contributed by atoms with Crippen LogP contribution in [0.4, 0.5) is 5.95 Å². The van der Waals surface area contributed by atoms with Gasteiger partial charge < -0.3 is 9.47 Å². The van der Waals surface area contributed by atoms with Crippen molar-refractivity contribution in [2.24, 2.45) is 7.05 Å². The zero-order chi connectivity index (χ0) is 13.5. The molecule has 7 nitrogen and oxygen atoms in total. The van der Waals surface area contributed by atoms with Gasteiger partial charge in [-0.15, -0.1) is 10.2 Å². The first-order valence-electron chi connectivity index (χ1n) is 7.31. The number of aromatic nitrogens is 6. The summed E-state index contributed by atoms with van der Waals surface area (Å²) in [5.41, 5.74) is 0. The van der Waals surface area contributed by atoms with Crippen molar-refractivity contribution < 1.29 is 0 Å². The minimum absolute atomic E-state index is 0.530. The van der Waals surface area contributed by atoms with E-state index in [0.29, 0.717) is 12.0 Å². The van der Waals surface area contributed by atoms with Crippen LogP contribution in [0, 0.1) is 0 Å². The molecule has 3 heterocycles. The van der Waals surface area contributed by atoms with Gasteiger partial charge in [0.25, 0.3) is 0 Å². The molecule has 4 rings (SSSR count). The standard InChI is InChI=1S/C13H19N7/c1-18-13(14-8-16-18)19-6-4-10(5-7-19)12-17-15-9-20(12)11-2-3-11/h8-11H,2-7H2,1H3. The zero-order valence-corrected chi connectivity index (χ0v) is 11.7. The van der Waals surface area contributed by atoms with E-state index in [4.69, 9.17) is 0 Å². The maximum Gasteiger partial charge on any atom is 0.223 e. The van der Waals surface area contributed by atoms with Gasteiger partial charge in [0.1, 0.15) is 18.5 Å². The number of nitrogens with zero attached hydrogens (tertiary/aromatic N) is 7. The summed E-state index contributed by atoms with van der Waals surface area (Å²) in [6.45, 7) is 2.02. The minimum Gasteiger partial charge on any atom is -0.341 e. The molecular weight excluding hydrogens is 254 g/mol. The highest BCUT2D eigenvalue weighted by Crippen LogP contribution is 2.38. The van der Waals surface area contributed by atoms with E-state index < -0.39 is 0 Å². The molecule has 0 aromatic carbocycles. The normalized spacial score (nSPS) is 20.6. The van der Waals surface area contributed by atoms with Crippen LogP contribution < -0.4 is 4.90 Å². The molecule has 2 fully saturated rings. The molecule has 2 aliphatic rings. The molecule has 0 atom stereocenters. The second-order valence-electron chi connectivity index (χ2n) is 5.77. The summed E-state index contributed by atoms with van der Waals surface area (Å²) in [7, 11) is 1.94. The van der Waals surface area contributed by atoms with Crippen molar-refractivity contribution in [1.29, 1.82) is 0 Å². The number of anilines is 1. The van der Waals surface area contributed by atoms with Crippen LogP contribution in [-0.2, 0) is 7.05 Å². The van der Waals surface area contributed by atoms with Crippen molar-refractivity contribution in [2.45, 2.75) is 37.6 Å². The summed E-state index contributed by atoms with van der Waals surface area (Å²) >= 11 is 0. The van der Waals surface area contributed by atoms with Gasteiger partial charge in [-0.25, -0.2) is 4.68 Å². The van der Waals surface area contributed by atoms with Gasteiger partial charge in [-0.1, -0.05) is 0 Å². The van der Waals surface area contributed by atoms with Crippen molar-refractivity contribution in [2.75, 3.05) is 18.0 Å². The molecule has 0 radical (unpaired) electrons. The number of piperidine rings is 1. The fourth-order valence-electron chi connectivity index (χ4n) is 3.09. The highest BCUT2D eigenvalue weighted by atomic mass is 15.4. The Hall–Kier alpha value is -1.92. The number of hydrogen-bond donors (Lipinski definition) is 0. The molecule has 0 amide bonds. The lowest BCUT2D eigenvalue weighted by atomic mass is 9.96. The zero-order valence-electron chi connectivity index (χ0n) is 11.7. The summed E-state index contributed by atoms with van der Waals surface area (Å²) in [6.07, 6.45) is 8.30. The average Bonchev–Trinajstić information content (AvgIpc) is 3.04. The molecular formula is C13H19N7. The minimum atomic E-state index is 0.530. The van der Waals surface area contributed by atoms with Crippen LogP contribution in [0.25, 0.3) is 0 Å². The quantitative estimate of drug-likeness (QED) is 0.838. The van der Waals surface area contributed by atoms with Crippen LogP contribution >= 0.6 is 0 Å². The Morgan fingerprint density at radius 1 is 1.15 bits per heavy atom. The fourth-order valence-corrected chi connectivity index (χ4v) is 3.09. The maximum absolute atomic E-state index is 4.37. The summed E-state index contributed by atoms with van der Waals surface area (Å²) in [5, 5.41) is 12.6. The lowest BCUT2D eigenvalue weighted by Gasteiger charge is -2.31. The van der Waals surface area contributed by atoms with Crippen LogP contribution in [-0.4, -0.2) is 42.6 Å². The maximum atomic E-state index is 4.37. The molecule has 7 heteroatoms. The Balaban J connectivity index is 1.47. The van der Waals surface area contributed by atoms with E-state index in [-0.39, 0.29) is 0 Å².